The summed E-state index contributed by atoms with van der Waals surface area (Å²) in [5.74, 6) is 1.46. The molecule has 2 N–H and O–H groups in total. The molecule has 1 aromatic carbocycles. The number of hydrogen-bond donors (Lipinski definition) is 1. The zero-order valence-corrected chi connectivity index (χ0v) is 9.72. The Hall–Kier alpha value is -0.930. The molecule has 1 heterocycles. The van der Waals surface area contributed by atoms with E-state index in [0.29, 0.717) is 24.0 Å². The first kappa shape index (κ1) is 10.2. The predicted octanol–water partition coefficient (Wildman–Crippen LogP) is 2.14. The third-order valence-electron chi connectivity index (χ3n) is 3.16. The Labute approximate surface area is 99.5 Å². The lowest BCUT2D eigenvalue weighted by molar-refractivity contribution is 0.170. The van der Waals surface area contributed by atoms with E-state index in [-0.39, 0.29) is 5.54 Å². The third kappa shape index (κ3) is 1.74. The zero-order valence-electron chi connectivity index (χ0n) is 8.96. The fourth-order valence-electron chi connectivity index (χ4n) is 2.02. The maximum absolute atomic E-state index is 6.12. The number of hydrogen-bond acceptors (Lipinski definition) is 3. The van der Waals surface area contributed by atoms with Gasteiger partial charge in [-0.3, -0.25) is 0 Å². The lowest BCUT2D eigenvalue weighted by atomic mass is 10.0. The van der Waals surface area contributed by atoms with E-state index in [2.05, 4.69) is 0 Å². The molecule has 86 valence electrons. The summed E-state index contributed by atoms with van der Waals surface area (Å²) in [6, 6.07) is 3.85. The van der Waals surface area contributed by atoms with Crippen LogP contribution in [-0.4, -0.2) is 18.8 Å². The number of ether oxygens (including phenoxy) is 2. The molecule has 1 saturated carbocycles. The molecule has 0 spiro atoms. The SMILES string of the molecule is NC1(Cc2ccc(Cl)c3c2OCCO3)CC1. The summed E-state index contributed by atoms with van der Waals surface area (Å²) >= 11 is 6.06. The van der Waals surface area contributed by atoms with Crippen molar-refractivity contribution in [1.82, 2.24) is 0 Å². The Bertz CT molecular complexity index is 429. The Balaban J connectivity index is 1.98. The van der Waals surface area contributed by atoms with E-state index in [1.807, 2.05) is 12.1 Å². The van der Waals surface area contributed by atoms with Gasteiger partial charge in [-0.25, -0.2) is 0 Å². The number of rotatable bonds is 2. The van der Waals surface area contributed by atoms with Crippen LogP contribution in [0.15, 0.2) is 12.1 Å². The van der Waals surface area contributed by atoms with Crippen molar-refractivity contribution in [3.05, 3.63) is 22.7 Å². The molecule has 0 atom stereocenters. The second kappa shape index (κ2) is 3.54. The van der Waals surface area contributed by atoms with Crippen LogP contribution in [0.2, 0.25) is 5.02 Å². The molecule has 16 heavy (non-hydrogen) atoms. The standard InChI is InChI=1S/C12H14ClNO2/c13-9-2-1-8(7-12(14)3-4-12)10-11(9)16-6-5-15-10/h1-2H,3-7,14H2. The van der Waals surface area contributed by atoms with E-state index in [0.717, 1.165) is 30.6 Å². The van der Waals surface area contributed by atoms with Gasteiger partial charge in [0.25, 0.3) is 0 Å². The molecule has 4 heteroatoms. The van der Waals surface area contributed by atoms with Gasteiger partial charge in [-0.2, -0.15) is 0 Å². The molecule has 1 fully saturated rings. The molecule has 0 saturated heterocycles. The minimum Gasteiger partial charge on any atom is -0.486 e. The minimum atomic E-state index is -0.0254. The highest BCUT2D eigenvalue weighted by atomic mass is 35.5. The average molecular weight is 240 g/mol. The summed E-state index contributed by atoms with van der Waals surface area (Å²) in [7, 11) is 0. The van der Waals surface area contributed by atoms with Crippen molar-refractivity contribution < 1.29 is 9.47 Å². The highest BCUT2D eigenvalue weighted by Crippen LogP contribution is 2.44. The summed E-state index contributed by atoms with van der Waals surface area (Å²) in [6.45, 7) is 1.14. The second-order valence-corrected chi connectivity index (χ2v) is 5.01. The van der Waals surface area contributed by atoms with Gasteiger partial charge >= 0.3 is 0 Å². The van der Waals surface area contributed by atoms with E-state index >= 15 is 0 Å². The molecule has 1 aromatic rings. The van der Waals surface area contributed by atoms with Crippen LogP contribution in [0.25, 0.3) is 0 Å². The Morgan fingerprint density at radius 2 is 1.88 bits per heavy atom. The van der Waals surface area contributed by atoms with E-state index in [1.54, 1.807) is 0 Å². The van der Waals surface area contributed by atoms with Gasteiger partial charge in [-0.1, -0.05) is 17.7 Å². The van der Waals surface area contributed by atoms with Crippen LogP contribution < -0.4 is 15.2 Å². The molecular weight excluding hydrogens is 226 g/mol. The molecule has 0 amide bonds. The fraction of sp³-hybridized carbons (Fsp3) is 0.500. The van der Waals surface area contributed by atoms with E-state index in [9.17, 15) is 0 Å². The lowest BCUT2D eigenvalue weighted by Crippen LogP contribution is -2.26. The number of halogens is 1. The van der Waals surface area contributed by atoms with Crippen LogP contribution in [0.5, 0.6) is 11.5 Å². The lowest BCUT2D eigenvalue weighted by Gasteiger charge is -2.23. The first-order chi connectivity index (χ1) is 7.68. The number of nitrogens with two attached hydrogens (primary N) is 1. The molecule has 0 aromatic heterocycles. The summed E-state index contributed by atoms with van der Waals surface area (Å²) in [6.07, 6.45) is 3.02. The first-order valence-electron chi connectivity index (χ1n) is 5.54. The third-order valence-corrected chi connectivity index (χ3v) is 3.45. The smallest absolute Gasteiger partial charge is 0.180 e. The topological polar surface area (TPSA) is 44.5 Å². The van der Waals surface area contributed by atoms with Gasteiger partial charge in [0.15, 0.2) is 11.5 Å². The van der Waals surface area contributed by atoms with Crippen molar-refractivity contribution in [1.29, 1.82) is 0 Å². The van der Waals surface area contributed by atoms with Crippen LogP contribution in [0.1, 0.15) is 18.4 Å². The Morgan fingerprint density at radius 1 is 1.19 bits per heavy atom. The number of benzene rings is 1. The average Bonchev–Trinajstić information content (AvgIpc) is 3.01. The van der Waals surface area contributed by atoms with Crippen LogP contribution in [0.3, 0.4) is 0 Å². The molecule has 1 aliphatic carbocycles. The Morgan fingerprint density at radius 3 is 2.56 bits per heavy atom. The van der Waals surface area contributed by atoms with Crippen LogP contribution in [0.4, 0.5) is 0 Å². The van der Waals surface area contributed by atoms with Gasteiger partial charge in [0.05, 0.1) is 5.02 Å². The van der Waals surface area contributed by atoms with Crippen LogP contribution in [0, 0.1) is 0 Å². The van der Waals surface area contributed by atoms with Gasteiger partial charge in [0, 0.05) is 5.54 Å². The minimum absolute atomic E-state index is 0.0254. The molecule has 3 nitrogen and oxygen atoms in total. The Kier molecular flexibility index (Phi) is 2.26. The molecule has 3 rings (SSSR count). The highest BCUT2D eigenvalue weighted by Gasteiger charge is 2.39. The van der Waals surface area contributed by atoms with Crippen molar-refractivity contribution in [3.8, 4) is 11.5 Å². The summed E-state index contributed by atoms with van der Waals surface area (Å²) < 4.78 is 11.2. The van der Waals surface area contributed by atoms with Crippen molar-refractivity contribution in [3.63, 3.8) is 0 Å². The van der Waals surface area contributed by atoms with Crippen molar-refractivity contribution in [2.24, 2.45) is 5.73 Å². The van der Waals surface area contributed by atoms with Gasteiger partial charge < -0.3 is 15.2 Å². The normalized spacial score (nSPS) is 20.6. The van der Waals surface area contributed by atoms with Crippen molar-refractivity contribution >= 4 is 11.6 Å². The predicted molar refractivity (Wildman–Crippen MR) is 62.3 cm³/mol. The van der Waals surface area contributed by atoms with Crippen molar-refractivity contribution in [2.75, 3.05) is 13.2 Å². The molecule has 1 aliphatic heterocycles. The van der Waals surface area contributed by atoms with Crippen molar-refractivity contribution in [2.45, 2.75) is 24.8 Å². The van der Waals surface area contributed by atoms with Gasteiger partial charge in [0.2, 0.25) is 0 Å². The van der Waals surface area contributed by atoms with Gasteiger partial charge in [-0.15, -0.1) is 0 Å². The highest BCUT2D eigenvalue weighted by molar-refractivity contribution is 6.32. The van der Waals surface area contributed by atoms with Gasteiger partial charge in [0.1, 0.15) is 13.2 Å². The summed E-state index contributed by atoms with van der Waals surface area (Å²) in [5.41, 5.74) is 7.21. The zero-order chi connectivity index (χ0) is 11.2. The summed E-state index contributed by atoms with van der Waals surface area (Å²) in [5, 5.41) is 0.611. The second-order valence-electron chi connectivity index (χ2n) is 4.60. The first-order valence-corrected chi connectivity index (χ1v) is 5.92. The molecular formula is C12H14ClNO2. The largest absolute Gasteiger partial charge is 0.486 e. The monoisotopic (exact) mass is 239 g/mol. The van der Waals surface area contributed by atoms with E-state index in [1.165, 1.54) is 0 Å². The molecule has 2 aliphatic rings. The maximum atomic E-state index is 6.12. The van der Waals surface area contributed by atoms with E-state index in [4.69, 9.17) is 26.8 Å². The summed E-state index contributed by atoms with van der Waals surface area (Å²) in [4.78, 5) is 0. The molecule has 0 radical (unpaired) electrons. The fourth-order valence-corrected chi connectivity index (χ4v) is 2.22. The van der Waals surface area contributed by atoms with Crippen LogP contribution in [-0.2, 0) is 6.42 Å². The molecule has 0 unspecified atom stereocenters. The van der Waals surface area contributed by atoms with Gasteiger partial charge in [-0.05, 0) is 30.9 Å². The molecule has 0 bridgehead atoms. The quantitative estimate of drug-likeness (QED) is 0.860. The maximum Gasteiger partial charge on any atom is 0.180 e. The van der Waals surface area contributed by atoms with E-state index < -0.39 is 0 Å². The number of fused-ring (bicyclic) bond motifs is 1. The van der Waals surface area contributed by atoms with Crippen LogP contribution >= 0.6 is 11.6 Å².